The summed E-state index contributed by atoms with van der Waals surface area (Å²) in [5.41, 5.74) is -0.0323. The third-order valence-electron chi connectivity index (χ3n) is 3.76. The van der Waals surface area contributed by atoms with Crippen LogP contribution in [0.1, 0.15) is 16.7 Å². The molecule has 24 heavy (non-hydrogen) atoms. The lowest BCUT2D eigenvalue weighted by molar-refractivity contribution is -0.138. The highest BCUT2D eigenvalue weighted by Crippen LogP contribution is 2.33. The molecule has 1 aliphatic heterocycles. The van der Waals surface area contributed by atoms with E-state index in [2.05, 4.69) is 5.23 Å². The average molecular weight is 341 g/mol. The first-order chi connectivity index (χ1) is 11.1. The monoisotopic (exact) mass is 341 g/mol. The predicted molar refractivity (Wildman–Crippen MR) is 80.9 cm³/mol. The fourth-order valence-corrected chi connectivity index (χ4v) is 2.50. The molecule has 1 nitrogen and oxygen atoms in total. The van der Waals surface area contributed by atoms with Crippen LogP contribution in [0.25, 0.3) is 6.08 Å². The molecule has 1 heterocycles. The van der Waals surface area contributed by atoms with Gasteiger partial charge in [0.05, 0.1) is 11.1 Å². The second-order valence-corrected chi connectivity index (χ2v) is 5.40. The van der Waals surface area contributed by atoms with Crippen LogP contribution in [0.4, 0.5) is 32.0 Å². The van der Waals surface area contributed by atoms with Crippen molar-refractivity contribution in [1.29, 1.82) is 0 Å². The highest BCUT2D eigenvalue weighted by Gasteiger charge is 2.32. The van der Waals surface area contributed by atoms with Crippen molar-refractivity contribution in [2.24, 2.45) is 0 Å². The van der Waals surface area contributed by atoms with E-state index < -0.39 is 30.3 Å². The molecule has 0 radical (unpaired) electrons. The molecule has 0 aromatic heterocycles. The lowest BCUT2D eigenvalue weighted by Crippen LogP contribution is -2.38. The summed E-state index contributed by atoms with van der Waals surface area (Å²) in [6, 6.07) is 7.97. The summed E-state index contributed by atoms with van der Waals surface area (Å²) < 4.78 is 75.8. The van der Waals surface area contributed by atoms with E-state index in [0.717, 1.165) is 24.3 Å². The van der Waals surface area contributed by atoms with Crippen molar-refractivity contribution in [2.45, 2.75) is 12.4 Å². The molecule has 0 bridgehead atoms. The third kappa shape index (κ3) is 3.27. The van der Waals surface area contributed by atoms with Gasteiger partial charge in [0.25, 0.3) is 0 Å². The largest absolute Gasteiger partial charge is 0.420 e. The summed E-state index contributed by atoms with van der Waals surface area (Å²) in [4.78, 5) is 0. The standard InChI is InChI=1S/C16H10BF6N/c18-15(19,20)11-1-4-13(5-2-11)17-8-7-10-9-12(16(21,22)23)3-6-14(10)24-17/h1-9,24H. The lowest BCUT2D eigenvalue weighted by atomic mass is 9.54. The maximum Gasteiger partial charge on any atom is 0.416 e. The summed E-state index contributed by atoms with van der Waals surface area (Å²) >= 11 is 0. The number of nitrogens with one attached hydrogen (secondary N) is 1. The summed E-state index contributed by atoms with van der Waals surface area (Å²) in [6.45, 7) is -0.406. The first kappa shape index (κ1) is 16.5. The molecular weight excluding hydrogens is 331 g/mol. The van der Waals surface area contributed by atoms with E-state index >= 15 is 0 Å². The maximum atomic E-state index is 12.7. The number of benzene rings is 2. The van der Waals surface area contributed by atoms with Crippen molar-refractivity contribution >= 4 is 24.1 Å². The number of alkyl halides is 6. The number of fused-ring (bicyclic) bond motifs is 1. The molecule has 2 aromatic carbocycles. The Morgan fingerprint density at radius 3 is 1.92 bits per heavy atom. The summed E-state index contributed by atoms with van der Waals surface area (Å²) in [7, 11) is 0. The Bertz CT molecular complexity index is 777. The fraction of sp³-hybridized carbons (Fsp3) is 0.125. The molecule has 0 saturated heterocycles. The summed E-state index contributed by atoms with van der Waals surface area (Å²) in [6.07, 6.45) is -7.30. The fourth-order valence-electron chi connectivity index (χ4n) is 2.50. The molecule has 0 fully saturated rings. The average Bonchev–Trinajstić information content (AvgIpc) is 2.52. The Labute approximate surface area is 134 Å². The van der Waals surface area contributed by atoms with Crippen molar-refractivity contribution in [2.75, 3.05) is 5.23 Å². The van der Waals surface area contributed by atoms with Gasteiger partial charge in [0.15, 0.2) is 0 Å². The van der Waals surface area contributed by atoms with Gasteiger partial charge in [0.1, 0.15) is 0 Å². The minimum absolute atomic E-state index is 0.382. The molecule has 8 heteroatoms. The molecule has 124 valence electrons. The normalized spacial score (nSPS) is 14.3. The third-order valence-corrected chi connectivity index (χ3v) is 3.76. The highest BCUT2D eigenvalue weighted by molar-refractivity contribution is 6.81. The molecule has 2 aromatic rings. The van der Waals surface area contributed by atoms with Gasteiger partial charge in [-0.25, -0.2) is 0 Å². The number of hydrogen-bond donors (Lipinski definition) is 1. The Morgan fingerprint density at radius 2 is 1.33 bits per heavy atom. The van der Waals surface area contributed by atoms with E-state index in [4.69, 9.17) is 0 Å². The molecule has 3 rings (SSSR count). The van der Waals surface area contributed by atoms with Crippen molar-refractivity contribution < 1.29 is 26.3 Å². The minimum atomic E-state index is -4.42. The van der Waals surface area contributed by atoms with Crippen LogP contribution < -0.4 is 10.7 Å². The molecule has 0 spiro atoms. The molecule has 0 unspecified atom stereocenters. The number of hydrogen-bond acceptors (Lipinski definition) is 1. The molecule has 0 saturated carbocycles. The van der Waals surface area contributed by atoms with Crippen LogP contribution in [0.15, 0.2) is 48.4 Å². The van der Waals surface area contributed by atoms with E-state index in [1.54, 1.807) is 5.98 Å². The van der Waals surface area contributed by atoms with Gasteiger partial charge in [0.2, 0.25) is 0 Å². The first-order valence-corrected chi connectivity index (χ1v) is 6.98. The van der Waals surface area contributed by atoms with Crippen LogP contribution in [-0.2, 0) is 12.4 Å². The van der Waals surface area contributed by atoms with Gasteiger partial charge >= 0.3 is 19.2 Å². The molecule has 1 aliphatic rings. The van der Waals surface area contributed by atoms with Crippen LogP contribution in [0.3, 0.4) is 0 Å². The summed E-state index contributed by atoms with van der Waals surface area (Å²) in [5.74, 6) is 1.62. The van der Waals surface area contributed by atoms with Gasteiger partial charge in [-0.1, -0.05) is 41.8 Å². The molecule has 1 N–H and O–H groups in total. The van der Waals surface area contributed by atoms with Crippen LogP contribution in [0.2, 0.25) is 0 Å². The Morgan fingerprint density at radius 1 is 0.750 bits per heavy atom. The predicted octanol–water partition coefficient (Wildman–Crippen LogP) is 4.60. The van der Waals surface area contributed by atoms with Gasteiger partial charge in [-0.3, -0.25) is 0 Å². The molecule has 0 amide bonds. The Hall–Kier alpha value is -2.38. The second kappa shape index (κ2) is 5.61. The zero-order valence-corrected chi connectivity index (χ0v) is 12.0. The van der Waals surface area contributed by atoms with Gasteiger partial charge < -0.3 is 5.23 Å². The van der Waals surface area contributed by atoms with Crippen molar-refractivity contribution in [3.05, 3.63) is 65.1 Å². The van der Waals surface area contributed by atoms with E-state index in [9.17, 15) is 26.3 Å². The van der Waals surface area contributed by atoms with Gasteiger partial charge in [-0.2, -0.15) is 26.3 Å². The highest BCUT2D eigenvalue weighted by atomic mass is 19.4. The van der Waals surface area contributed by atoms with Crippen LogP contribution in [0, 0.1) is 0 Å². The minimum Gasteiger partial charge on any atom is -0.420 e. The van der Waals surface area contributed by atoms with Crippen molar-refractivity contribution in [1.82, 2.24) is 0 Å². The lowest BCUT2D eigenvalue weighted by Gasteiger charge is -2.21. The second-order valence-electron chi connectivity index (χ2n) is 5.40. The number of anilines is 1. The number of halogens is 6. The smallest absolute Gasteiger partial charge is 0.416 e. The SMILES string of the molecule is FC(F)(F)c1ccc(B2C=Cc3cc(C(F)(F)F)ccc3N2)cc1. The molecule has 0 aliphatic carbocycles. The van der Waals surface area contributed by atoms with Crippen molar-refractivity contribution in [3.63, 3.8) is 0 Å². The van der Waals surface area contributed by atoms with Crippen molar-refractivity contribution in [3.8, 4) is 0 Å². The van der Waals surface area contributed by atoms with Gasteiger partial charge in [-0.15, -0.1) is 0 Å². The van der Waals surface area contributed by atoms with Crippen LogP contribution in [0.5, 0.6) is 0 Å². The van der Waals surface area contributed by atoms with Gasteiger partial charge in [-0.05, 0) is 23.8 Å². The van der Waals surface area contributed by atoms with E-state index in [-0.39, 0.29) is 0 Å². The number of rotatable bonds is 1. The zero-order valence-electron chi connectivity index (χ0n) is 12.0. The van der Waals surface area contributed by atoms with Gasteiger partial charge in [0, 0.05) is 5.69 Å². The Balaban J connectivity index is 1.84. The van der Waals surface area contributed by atoms with Crippen LogP contribution in [-0.4, -0.2) is 6.85 Å². The Kier molecular flexibility index (Phi) is 3.85. The van der Waals surface area contributed by atoms with Crippen LogP contribution >= 0.6 is 0 Å². The first-order valence-electron chi connectivity index (χ1n) is 6.98. The summed E-state index contributed by atoms with van der Waals surface area (Å²) in [5, 5.41) is 3.01. The van der Waals surface area contributed by atoms with E-state index in [1.807, 2.05) is 0 Å². The molecular formula is C16H10BF6N. The maximum absolute atomic E-state index is 12.7. The quantitative estimate of drug-likeness (QED) is 0.591. The zero-order chi connectivity index (χ0) is 17.5. The molecule has 0 atom stereocenters. The van der Waals surface area contributed by atoms with E-state index in [1.165, 1.54) is 24.3 Å². The van der Waals surface area contributed by atoms with E-state index in [0.29, 0.717) is 16.7 Å². The topological polar surface area (TPSA) is 12.0 Å².